The molecule has 1 aliphatic heterocycles. The largest absolute Gasteiger partial charge is 0.491 e. The van der Waals surface area contributed by atoms with Crippen LogP contribution in [-0.2, 0) is 11.2 Å². The standard InChI is InChI=1S/C26H37N3O3S/c1-5-28-13-9-6-10-14-29(25(30)16-21-18-33-20(4)27-21)22(15-19(2)3)17-32-24-12-8-7-11-23(24)26(28)31/h7-8,11-12,18-19,22H,5-6,9-10,13-17H2,1-4H3/t22-/m0/s1. The van der Waals surface area contributed by atoms with Crippen molar-refractivity contribution >= 4 is 23.2 Å². The number of carbonyl (C=O) groups is 2. The fraction of sp³-hybridized carbons (Fsp3) is 0.577. The second kappa shape index (κ2) is 12.2. The van der Waals surface area contributed by atoms with Crippen LogP contribution in [0.15, 0.2) is 29.6 Å². The molecule has 1 atom stereocenters. The molecule has 7 heteroatoms. The van der Waals surface area contributed by atoms with Crippen LogP contribution in [0.25, 0.3) is 0 Å². The van der Waals surface area contributed by atoms with Gasteiger partial charge in [-0.3, -0.25) is 9.59 Å². The number of ether oxygens (including phenoxy) is 1. The maximum Gasteiger partial charge on any atom is 0.257 e. The third-order valence-electron chi connectivity index (χ3n) is 6.05. The molecule has 180 valence electrons. The van der Waals surface area contributed by atoms with Gasteiger partial charge in [-0.1, -0.05) is 26.0 Å². The van der Waals surface area contributed by atoms with E-state index in [-0.39, 0.29) is 17.9 Å². The summed E-state index contributed by atoms with van der Waals surface area (Å²) in [6.45, 7) is 10.8. The number of benzene rings is 1. The molecular formula is C26H37N3O3S. The Morgan fingerprint density at radius 3 is 2.67 bits per heavy atom. The lowest BCUT2D eigenvalue weighted by Gasteiger charge is -2.33. The highest BCUT2D eigenvalue weighted by Crippen LogP contribution is 2.24. The van der Waals surface area contributed by atoms with Gasteiger partial charge in [0, 0.05) is 25.0 Å². The van der Waals surface area contributed by atoms with Gasteiger partial charge in [0.1, 0.15) is 12.4 Å². The van der Waals surface area contributed by atoms with Gasteiger partial charge in [0.05, 0.1) is 28.7 Å². The average molecular weight is 472 g/mol. The number of hydrogen-bond donors (Lipinski definition) is 0. The molecule has 2 aromatic rings. The van der Waals surface area contributed by atoms with E-state index in [4.69, 9.17) is 4.74 Å². The van der Waals surface area contributed by atoms with Crippen molar-refractivity contribution in [3.63, 3.8) is 0 Å². The molecule has 0 spiro atoms. The molecule has 0 fully saturated rings. The lowest BCUT2D eigenvalue weighted by molar-refractivity contribution is -0.134. The highest BCUT2D eigenvalue weighted by molar-refractivity contribution is 7.09. The highest BCUT2D eigenvalue weighted by atomic mass is 32.1. The fourth-order valence-corrected chi connectivity index (χ4v) is 4.99. The van der Waals surface area contributed by atoms with Gasteiger partial charge < -0.3 is 14.5 Å². The zero-order valence-corrected chi connectivity index (χ0v) is 21.2. The lowest BCUT2D eigenvalue weighted by atomic mass is 10.0. The number of fused-ring (bicyclic) bond motifs is 1. The smallest absolute Gasteiger partial charge is 0.257 e. The van der Waals surface area contributed by atoms with E-state index in [0.717, 1.165) is 36.4 Å². The summed E-state index contributed by atoms with van der Waals surface area (Å²) in [5.41, 5.74) is 1.43. The van der Waals surface area contributed by atoms with Crippen molar-refractivity contribution in [2.45, 2.75) is 65.8 Å². The molecule has 0 radical (unpaired) electrons. The van der Waals surface area contributed by atoms with E-state index >= 15 is 0 Å². The number of carbonyl (C=O) groups excluding carboxylic acids is 2. The van der Waals surface area contributed by atoms with Crippen molar-refractivity contribution in [2.75, 3.05) is 26.2 Å². The lowest BCUT2D eigenvalue weighted by Crippen LogP contribution is -2.45. The van der Waals surface area contributed by atoms with Gasteiger partial charge in [0.25, 0.3) is 5.91 Å². The van der Waals surface area contributed by atoms with Crippen LogP contribution in [-0.4, -0.2) is 58.9 Å². The van der Waals surface area contributed by atoms with Crippen LogP contribution in [0.5, 0.6) is 5.75 Å². The van der Waals surface area contributed by atoms with E-state index in [0.29, 0.717) is 49.9 Å². The summed E-state index contributed by atoms with van der Waals surface area (Å²) in [4.78, 5) is 35.0. The van der Waals surface area contributed by atoms with Crippen LogP contribution in [0.4, 0.5) is 0 Å². The van der Waals surface area contributed by atoms with E-state index in [9.17, 15) is 9.59 Å². The Labute approximate surface area is 202 Å². The van der Waals surface area contributed by atoms with Gasteiger partial charge in [-0.15, -0.1) is 11.3 Å². The van der Waals surface area contributed by atoms with Gasteiger partial charge in [-0.2, -0.15) is 0 Å². The van der Waals surface area contributed by atoms with Gasteiger partial charge in [-0.05, 0) is 57.6 Å². The minimum Gasteiger partial charge on any atom is -0.491 e. The van der Waals surface area contributed by atoms with Crippen LogP contribution >= 0.6 is 11.3 Å². The Morgan fingerprint density at radius 2 is 1.97 bits per heavy atom. The van der Waals surface area contributed by atoms with Crippen molar-refractivity contribution in [1.82, 2.24) is 14.8 Å². The number of aryl methyl sites for hydroxylation is 1. The first kappa shape index (κ1) is 25.2. The number of para-hydroxylation sites is 1. The number of nitrogens with zero attached hydrogens (tertiary/aromatic N) is 3. The number of thiazole rings is 1. The third-order valence-corrected chi connectivity index (χ3v) is 6.87. The average Bonchev–Trinajstić information content (AvgIpc) is 3.20. The molecule has 0 saturated heterocycles. The molecule has 2 amide bonds. The SMILES string of the molecule is CCN1CCCCCN(C(=O)Cc2csc(C)n2)[C@@H](CC(C)C)COc2ccccc2C1=O. The highest BCUT2D eigenvalue weighted by Gasteiger charge is 2.27. The van der Waals surface area contributed by atoms with E-state index in [1.165, 1.54) is 0 Å². The van der Waals surface area contributed by atoms with Crippen LogP contribution < -0.4 is 4.74 Å². The normalized spacial score (nSPS) is 18.2. The topological polar surface area (TPSA) is 62.7 Å². The first-order valence-corrected chi connectivity index (χ1v) is 13.0. The molecular weight excluding hydrogens is 434 g/mol. The van der Waals surface area contributed by atoms with E-state index < -0.39 is 0 Å². The van der Waals surface area contributed by atoms with Crippen molar-refractivity contribution in [3.05, 3.63) is 45.9 Å². The third kappa shape index (κ3) is 7.03. The molecule has 0 unspecified atom stereocenters. The number of rotatable bonds is 5. The second-order valence-corrected chi connectivity index (χ2v) is 10.2. The Morgan fingerprint density at radius 1 is 1.21 bits per heavy atom. The number of amides is 2. The molecule has 0 saturated carbocycles. The summed E-state index contributed by atoms with van der Waals surface area (Å²) in [6, 6.07) is 7.42. The summed E-state index contributed by atoms with van der Waals surface area (Å²) in [7, 11) is 0. The van der Waals surface area contributed by atoms with Crippen LogP contribution in [0.3, 0.4) is 0 Å². The predicted octanol–water partition coefficient (Wildman–Crippen LogP) is 4.96. The van der Waals surface area contributed by atoms with E-state index in [1.807, 2.05) is 53.3 Å². The summed E-state index contributed by atoms with van der Waals surface area (Å²) in [5.74, 6) is 1.12. The fourth-order valence-electron chi connectivity index (χ4n) is 4.38. The molecule has 1 aromatic heterocycles. The van der Waals surface area contributed by atoms with Gasteiger partial charge in [0.2, 0.25) is 5.91 Å². The Hall–Kier alpha value is -2.41. The van der Waals surface area contributed by atoms with Crippen molar-refractivity contribution in [1.29, 1.82) is 0 Å². The molecule has 1 aliphatic rings. The van der Waals surface area contributed by atoms with E-state index in [2.05, 4.69) is 18.8 Å². The van der Waals surface area contributed by atoms with Crippen LogP contribution in [0.1, 0.15) is 67.5 Å². The molecule has 0 N–H and O–H groups in total. The quantitative estimate of drug-likeness (QED) is 0.618. The van der Waals surface area contributed by atoms with Crippen molar-refractivity contribution in [3.8, 4) is 5.75 Å². The van der Waals surface area contributed by atoms with Crippen molar-refractivity contribution < 1.29 is 14.3 Å². The number of aromatic nitrogens is 1. The molecule has 0 bridgehead atoms. The molecule has 33 heavy (non-hydrogen) atoms. The Kier molecular flexibility index (Phi) is 9.30. The maximum absolute atomic E-state index is 13.4. The van der Waals surface area contributed by atoms with Gasteiger partial charge >= 0.3 is 0 Å². The molecule has 3 rings (SSSR count). The van der Waals surface area contributed by atoms with E-state index in [1.54, 1.807) is 11.3 Å². The zero-order valence-electron chi connectivity index (χ0n) is 20.4. The summed E-state index contributed by atoms with van der Waals surface area (Å²) >= 11 is 1.58. The molecule has 1 aromatic carbocycles. The first-order chi connectivity index (χ1) is 15.9. The molecule has 6 nitrogen and oxygen atoms in total. The summed E-state index contributed by atoms with van der Waals surface area (Å²) < 4.78 is 6.26. The predicted molar refractivity (Wildman–Crippen MR) is 133 cm³/mol. The van der Waals surface area contributed by atoms with Crippen molar-refractivity contribution in [2.24, 2.45) is 5.92 Å². The minimum atomic E-state index is -0.0524. The summed E-state index contributed by atoms with van der Waals surface area (Å²) in [5, 5.41) is 2.95. The van der Waals surface area contributed by atoms with Gasteiger partial charge in [0.15, 0.2) is 0 Å². The minimum absolute atomic E-state index is 0.0135. The zero-order chi connectivity index (χ0) is 23.8. The summed E-state index contributed by atoms with van der Waals surface area (Å²) in [6.07, 6.45) is 3.97. The Balaban J connectivity index is 1.87. The van der Waals surface area contributed by atoms with Gasteiger partial charge in [-0.25, -0.2) is 4.98 Å². The molecule has 2 heterocycles. The number of hydrogen-bond acceptors (Lipinski definition) is 5. The maximum atomic E-state index is 13.4. The monoisotopic (exact) mass is 471 g/mol. The first-order valence-electron chi connectivity index (χ1n) is 12.1. The Bertz CT molecular complexity index is 927. The second-order valence-electron chi connectivity index (χ2n) is 9.16. The van der Waals surface area contributed by atoms with Crippen LogP contribution in [0.2, 0.25) is 0 Å². The van der Waals surface area contributed by atoms with Crippen LogP contribution in [0, 0.1) is 12.8 Å². The molecule has 0 aliphatic carbocycles.